The molecule has 1 heterocycles. The van der Waals surface area contributed by atoms with Gasteiger partial charge in [-0.05, 0) is 35.4 Å². The first-order chi connectivity index (χ1) is 15.4. The predicted molar refractivity (Wildman–Crippen MR) is 126 cm³/mol. The number of carbonyl (C=O) groups excluding carboxylic acids is 2. The number of ether oxygens (including phenoxy) is 1. The molecule has 1 saturated heterocycles. The molecule has 0 atom stereocenters. The van der Waals surface area contributed by atoms with Crippen LogP contribution in [0.4, 0.5) is 10.5 Å². The van der Waals surface area contributed by atoms with Crippen LogP contribution in [0, 0.1) is 0 Å². The van der Waals surface area contributed by atoms with Crippen molar-refractivity contribution in [3.8, 4) is 5.75 Å². The second-order valence-electron chi connectivity index (χ2n) is 8.19. The van der Waals surface area contributed by atoms with E-state index in [1.807, 2.05) is 48.5 Å². The highest BCUT2D eigenvalue weighted by Crippen LogP contribution is 2.14. The normalized spacial score (nSPS) is 14.6. The standard InChI is InChI=1S/C24H33N5O3/c1-27(2)23(30)18-29-14-12-28(13-15-29)17-20-4-8-21(9-5-20)26-24(31)25-16-19-6-10-22(32-3)11-7-19/h4-11H,12-18H2,1-3H3,(H2,25,26,31). The Kier molecular flexibility index (Phi) is 8.47. The summed E-state index contributed by atoms with van der Waals surface area (Å²) in [7, 11) is 5.21. The van der Waals surface area contributed by atoms with E-state index in [4.69, 9.17) is 4.74 Å². The molecular formula is C24H33N5O3. The van der Waals surface area contributed by atoms with Crippen molar-refractivity contribution in [3.63, 3.8) is 0 Å². The monoisotopic (exact) mass is 439 g/mol. The van der Waals surface area contributed by atoms with Crippen LogP contribution >= 0.6 is 0 Å². The molecule has 0 unspecified atom stereocenters. The average molecular weight is 440 g/mol. The van der Waals surface area contributed by atoms with Gasteiger partial charge in [0, 0.05) is 59.1 Å². The predicted octanol–water partition coefficient (Wildman–Crippen LogP) is 2.22. The number of carbonyl (C=O) groups is 2. The number of piperazine rings is 1. The molecule has 8 nitrogen and oxygen atoms in total. The third kappa shape index (κ3) is 7.25. The van der Waals surface area contributed by atoms with Crippen molar-refractivity contribution >= 4 is 17.6 Å². The lowest BCUT2D eigenvalue weighted by Gasteiger charge is -2.34. The number of rotatable bonds is 8. The zero-order chi connectivity index (χ0) is 22.9. The number of benzene rings is 2. The maximum absolute atomic E-state index is 12.2. The molecule has 1 fully saturated rings. The Labute approximate surface area is 190 Å². The SMILES string of the molecule is COc1ccc(CNC(=O)Nc2ccc(CN3CCN(CC(=O)N(C)C)CC3)cc2)cc1. The number of likely N-dealkylation sites (N-methyl/N-ethyl adjacent to an activating group) is 1. The number of methoxy groups -OCH3 is 1. The van der Waals surface area contributed by atoms with Crippen molar-refractivity contribution < 1.29 is 14.3 Å². The van der Waals surface area contributed by atoms with Crippen molar-refractivity contribution in [3.05, 3.63) is 59.7 Å². The fourth-order valence-electron chi connectivity index (χ4n) is 3.49. The second kappa shape index (κ2) is 11.5. The van der Waals surface area contributed by atoms with Gasteiger partial charge in [0.1, 0.15) is 5.75 Å². The van der Waals surface area contributed by atoms with Crippen LogP contribution in [0.3, 0.4) is 0 Å². The number of urea groups is 1. The van der Waals surface area contributed by atoms with E-state index < -0.39 is 0 Å². The van der Waals surface area contributed by atoms with Crippen molar-refractivity contribution in [1.82, 2.24) is 20.0 Å². The number of nitrogens with one attached hydrogen (secondary N) is 2. The molecule has 2 aromatic carbocycles. The highest BCUT2D eigenvalue weighted by Gasteiger charge is 2.19. The summed E-state index contributed by atoms with van der Waals surface area (Å²) < 4.78 is 5.14. The van der Waals surface area contributed by atoms with E-state index in [0.29, 0.717) is 13.1 Å². The molecule has 1 aliphatic heterocycles. The minimum atomic E-state index is -0.239. The summed E-state index contributed by atoms with van der Waals surface area (Å²) >= 11 is 0. The molecule has 3 amide bonds. The molecule has 0 bridgehead atoms. The lowest BCUT2D eigenvalue weighted by atomic mass is 10.1. The van der Waals surface area contributed by atoms with Crippen LogP contribution in [0.2, 0.25) is 0 Å². The van der Waals surface area contributed by atoms with Crippen molar-refractivity contribution in [2.45, 2.75) is 13.1 Å². The minimum Gasteiger partial charge on any atom is -0.497 e. The molecule has 2 aromatic rings. The van der Waals surface area contributed by atoms with E-state index in [1.54, 1.807) is 26.1 Å². The van der Waals surface area contributed by atoms with Crippen molar-refractivity contribution in [2.24, 2.45) is 0 Å². The van der Waals surface area contributed by atoms with E-state index in [1.165, 1.54) is 5.56 Å². The molecule has 32 heavy (non-hydrogen) atoms. The van der Waals surface area contributed by atoms with Crippen molar-refractivity contribution in [2.75, 3.05) is 59.2 Å². The largest absolute Gasteiger partial charge is 0.497 e. The molecule has 0 aromatic heterocycles. The Morgan fingerprint density at radius 1 is 0.906 bits per heavy atom. The van der Waals surface area contributed by atoms with Gasteiger partial charge in [-0.25, -0.2) is 4.79 Å². The van der Waals surface area contributed by atoms with Gasteiger partial charge in [0.05, 0.1) is 13.7 Å². The smallest absolute Gasteiger partial charge is 0.319 e. The summed E-state index contributed by atoms with van der Waals surface area (Å²) in [5, 5.41) is 5.73. The van der Waals surface area contributed by atoms with Gasteiger partial charge in [0.2, 0.25) is 5.91 Å². The van der Waals surface area contributed by atoms with Gasteiger partial charge in [-0.3, -0.25) is 14.6 Å². The van der Waals surface area contributed by atoms with Crippen LogP contribution in [-0.4, -0.2) is 80.6 Å². The van der Waals surface area contributed by atoms with Gasteiger partial charge in [0.25, 0.3) is 0 Å². The number of hydrogen-bond donors (Lipinski definition) is 2. The molecule has 0 aliphatic carbocycles. The topological polar surface area (TPSA) is 77.1 Å². The van der Waals surface area contributed by atoms with Crippen LogP contribution in [0.1, 0.15) is 11.1 Å². The van der Waals surface area contributed by atoms with Gasteiger partial charge < -0.3 is 20.3 Å². The molecular weight excluding hydrogens is 406 g/mol. The van der Waals surface area contributed by atoms with Crippen LogP contribution in [0.25, 0.3) is 0 Å². The Balaban J connectivity index is 1.39. The first kappa shape index (κ1) is 23.6. The Morgan fingerprint density at radius 3 is 2.09 bits per heavy atom. The maximum atomic E-state index is 12.2. The number of nitrogens with zero attached hydrogens (tertiary/aromatic N) is 3. The fourth-order valence-corrected chi connectivity index (χ4v) is 3.49. The summed E-state index contributed by atoms with van der Waals surface area (Å²) in [6, 6.07) is 15.3. The summed E-state index contributed by atoms with van der Waals surface area (Å²) in [6.07, 6.45) is 0. The number of amides is 3. The van der Waals surface area contributed by atoms with E-state index in [0.717, 1.165) is 49.7 Å². The summed E-state index contributed by atoms with van der Waals surface area (Å²) in [6.45, 7) is 5.46. The Bertz CT molecular complexity index is 876. The molecule has 1 aliphatic rings. The average Bonchev–Trinajstić information content (AvgIpc) is 2.80. The van der Waals surface area contributed by atoms with Gasteiger partial charge in [0.15, 0.2) is 0 Å². The number of anilines is 1. The summed E-state index contributed by atoms with van der Waals surface area (Å²) in [4.78, 5) is 30.3. The van der Waals surface area contributed by atoms with Crippen LogP contribution < -0.4 is 15.4 Å². The fraction of sp³-hybridized carbons (Fsp3) is 0.417. The van der Waals surface area contributed by atoms with Crippen LogP contribution in [0.15, 0.2) is 48.5 Å². The van der Waals surface area contributed by atoms with Gasteiger partial charge in [-0.1, -0.05) is 24.3 Å². The van der Waals surface area contributed by atoms with Crippen LogP contribution in [-0.2, 0) is 17.9 Å². The lowest BCUT2D eigenvalue weighted by molar-refractivity contribution is -0.130. The molecule has 0 radical (unpaired) electrons. The first-order valence-electron chi connectivity index (χ1n) is 10.8. The highest BCUT2D eigenvalue weighted by molar-refractivity contribution is 5.89. The molecule has 172 valence electrons. The quantitative estimate of drug-likeness (QED) is 0.660. The van der Waals surface area contributed by atoms with Gasteiger partial charge in [-0.2, -0.15) is 0 Å². The van der Waals surface area contributed by atoms with E-state index in [9.17, 15) is 9.59 Å². The summed E-state index contributed by atoms with van der Waals surface area (Å²) in [5.41, 5.74) is 2.96. The zero-order valence-corrected chi connectivity index (χ0v) is 19.1. The highest BCUT2D eigenvalue weighted by atomic mass is 16.5. The molecule has 2 N–H and O–H groups in total. The molecule has 0 spiro atoms. The zero-order valence-electron chi connectivity index (χ0n) is 19.1. The van der Waals surface area contributed by atoms with Crippen LogP contribution in [0.5, 0.6) is 5.75 Å². The molecule has 8 heteroatoms. The van der Waals surface area contributed by atoms with E-state index >= 15 is 0 Å². The summed E-state index contributed by atoms with van der Waals surface area (Å²) in [5.74, 6) is 0.939. The molecule has 0 saturated carbocycles. The lowest BCUT2D eigenvalue weighted by Crippen LogP contribution is -2.48. The third-order valence-electron chi connectivity index (χ3n) is 5.55. The first-order valence-corrected chi connectivity index (χ1v) is 10.8. The van der Waals surface area contributed by atoms with Gasteiger partial charge in [-0.15, -0.1) is 0 Å². The number of hydrogen-bond acceptors (Lipinski definition) is 5. The second-order valence-corrected chi connectivity index (χ2v) is 8.19. The van der Waals surface area contributed by atoms with E-state index in [-0.39, 0.29) is 11.9 Å². The Hall–Kier alpha value is -3.10. The minimum absolute atomic E-state index is 0.148. The third-order valence-corrected chi connectivity index (χ3v) is 5.55. The maximum Gasteiger partial charge on any atom is 0.319 e. The van der Waals surface area contributed by atoms with Gasteiger partial charge >= 0.3 is 6.03 Å². The van der Waals surface area contributed by atoms with Crippen molar-refractivity contribution in [1.29, 1.82) is 0 Å². The van der Waals surface area contributed by atoms with E-state index in [2.05, 4.69) is 20.4 Å². The molecule has 3 rings (SSSR count). The Morgan fingerprint density at radius 2 is 1.50 bits per heavy atom.